The second-order valence-electron chi connectivity index (χ2n) is 5.82. The molecule has 0 saturated carbocycles. The van der Waals surface area contributed by atoms with Gasteiger partial charge in [0.05, 0.1) is 18.7 Å². The molecule has 0 fully saturated rings. The molecule has 0 radical (unpaired) electrons. The Hall–Kier alpha value is -2.53. The van der Waals surface area contributed by atoms with Crippen molar-refractivity contribution in [3.8, 4) is 5.75 Å². The average molecular weight is 342 g/mol. The van der Waals surface area contributed by atoms with Gasteiger partial charge in [0.15, 0.2) is 0 Å². The molecule has 0 heterocycles. The fourth-order valence-corrected chi connectivity index (χ4v) is 2.64. The highest BCUT2D eigenvalue weighted by Crippen LogP contribution is 2.19. The number of aliphatic hydroxyl groups excluding tert-OH is 1. The first kappa shape index (κ1) is 18.8. The molecule has 0 bridgehead atoms. The van der Waals surface area contributed by atoms with Crippen LogP contribution in [-0.4, -0.2) is 24.4 Å². The smallest absolute Gasteiger partial charge is 0.315 e. The standard InChI is InChI=1S/C20H26N2O3/c1-3-25-18-11-9-16(10-12-18)15(2)21-20(24)22-19(13-14-23)17-7-5-4-6-8-17/h4-12,15,19,23H,3,13-14H2,1-2H3,(H2,21,22,24)/t15?,19-/m1/s1. The van der Waals surface area contributed by atoms with Gasteiger partial charge in [-0.3, -0.25) is 0 Å². The summed E-state index contributed by atoms with van der Waals surface area (Å²) in [6.07, 6.45) is 0.467. The summed E-state index contributed by atoms with van der Waals surface area (Å²) in [5.74, 6) is 0.815. The molecule has 1 unspecified atom stereocenters. The normalized spacial score (nSPS) is 12.9. The second kappa shape index (κ2) is 9.69. The van der Waals surface area contributed by atoms with Crippen molar-refractivity contribution >= 4 is 6.03 Å². The molecule has 2 aromatic carbocycles. The van der Waals surface area contributed by atoms with Crippen molar-refractivity contribution in [3.05, 3.63) is 65.7 Å². The molecule has 2 aromatic rings. The van der Waals surface area contributed by atoms with Gasteiger partial charge in [0, 0.05) is 6.61 Å². The van der Waals surface area contributed by atoms with E-state index < -0.39 is 0 Å². The lowest BCUT2D eigenvalue weighted by molar-refractivity contribution is 0.226. The SMILES string of the molecule is CCOc1ccc(C(C)NC(=O)N[C@H](CCO)c2ccccc2)cc1. The molecule has 0 spiro atoms. The van der Waals surface area contributed by atoms with Gasteiger partial charge in [-0.15, -0.1) is 0 Å². The zero-order valence-corrected chi connectivity index (χ0v) is 14.7. The summed E-state index contributed by atoms with van der Waals surface area (Å²) in [7, 11) is 0. The third kappa shape index (κ3) is 5.80. The summed E-state index contributed by atoms with van der Waals surface area (Å²) in [5.41, 5.74) is 1.97. The molecular formula is C20H26N2O3. The van der Waals surface area contributed by atoms with E-state index in [1.165, 1.54) is 0 Å². The van der Waals surface area contributed by atoms with E-state index in [9.17, 15) is 9.90 Å². The monoisotopic (exact) mass is 342 g/mol. The maximum absolute atomic E-state index is 12.3. The van der Waals surface area contributed by atoms with Crippen LogP contribution in [0.2, 0.25) is 0 Å². The van der Waals surface area contributed by atoms with Crippen LogP contribution < -0.4 is 15.4 Å². The summed E-state index contributed by atoms with van der Waals surface area (Å²) in [4.78, 5) is 12.3. The van der Waals surface area contributed by atoms with Crippen LogP contribution in [0.5, 0.6) is 5.75 Å². The number of carbonyl (C=O) groups excluding carboxylic acids is 1. The Balaban J connectivity index is 1.95. The maximum atomic E-state index is 12.3. The molecule has 5 nitrogen and oxygen atoms in total. The number of hydrogen-bond donors (Lipinski definition) is 3. The van der Waals surface area contributed by atoms with Gasteiger partial charge in [-0.05, 0) is 43.5 Å². The Morgan fingerprint density at radius 1 is 1.04 bits per heavy atom. The van der Waals surface area contributed by atoms with Gasteiger partial charge >= 0.3 is 6.03 Å². The van der Waals surface area contributed by atoms with Gasteiger partial charge < -0.3 is 20.5 Å². The molecule has 0 aliphatic carbocycles. The van der Waals surface area contributed by atoms with Crippen molar-refractivity contribution < 1.29 is 14.6 Å². The first-order valence-electron chi connectivity index (χ1n) is 8.59. The fourth-order valence-electron chi connectivity index (χ4n) is 2.64. The third-order valence-electron chi connectivity index (χ3n) is 3.96. The molecule has 134 valence electrons. The van der Waals surface area contributed by atoms with E-state index in [-0.39, 0.29) is 24.7 Å². The third-order valence-corrected chi connectivity index (χ3v) is 3.96. The van der Waals surface area contributed by atoms with E-state index in [0.29, 0.717) is 13.0 Å². The minimum Gasteiger partial charge on any atom is -0.494 e. The topological polar surface area (TPSA) is 70.6 Å². The highest BCUT2D eigenvalue weighted by Gasteiger charge is 2.16. The zero-order valence-electron chi connectivity index (χ0n) is 14.7. The zero-order chi connectivity index (χ0) is 18.1. The Morgan fingerprint density at radius 3 is 2.32 bits per heavy atom. The molecule has 5 heteroatoms. The van der Waals surface area contributed by atoms with Crippen LogP contribution in [0.4, 0.5) is 4.79 Å². The number of carbonyl (C=O) groups is 1. The minimum absolute atomic E-state index is 0.00822. The van der Waals surface area contributed by atoms with E-state index >= 15 is 0 Å². The Bertz CT molecular complexity index is 644. The van der Waals surface area contributed by atoms with Crippen molar-refractivity contribution in [2.45, 2.75) is 32.4 Å². The predicted octanol–water partition coefficient (Wildman–Crippen LogP) is 3.57. The van der Waals surface area contributed by atoms with Crippen LogP contribution in [0, 0.1) is 0 Å². The fraction of sp³-hybridized carbons (Fsp3) is 0.350. The largest absolute Gasteiger partial charge is 0.494 e. The molecule has 2 amide bonds. The number of rotatable bonds is 8. The van der Waals surface area contributed by atoms with E-state index in [4.69, 9.17) is 4.74 Å². The quantitative estimate of drug-likeness (QED) is 0.687. The van der Waals surface area contributed by atoms with E-state index in [1.807, 2.05) is 68.4 Å². The minimum atomic E-state index is -0.260. The lowest BCUT2D eigenvalue weighted by atomic mass is 10.0. The van der Waals surface area contributed by atoms with Crippen LogP contribution >= 0.6 is 0 Å². The predicted molar refractivity (Wildman–Crippen MR) is 98.6 cm³/mol. The van der Waals surface area contributed by atoms with Crippen molar-refractivity contribution in [2.24, 2.45) is 0 Å². The maximum Gasteiger partial charge on any atom is 0.315 e. The molecule has 2 rings (SSSR count). The number of amides is 2. The summed E-state index contributed by atoms with van der Waals surface area (Å²) in [6.45, 7) is 4.51. The highest BCUT2D eigenvalue weighted by atomic mass is 16.5. The first-order valence-corrected chi connectivity index (χ1v) is 8.59. The lowest BCUT2D eigenvalue weighted by Gasteiger charge is -2.21. The summed E-state index contributed by atoms with van der Waals surface area (Å²) in [6, 6.07) is 16.7. The van der Waals surface area contributed by atoms with Gasteiger partial charge in [-0.1, -0.05) is 42.5 Å². The summed E-state index contributed by atoms with van der Waals surface area (Å²) in [5, 5.41) is 15.1. The molecule has 3 N–H and O–H groups in total. The summed E-state index contributed by atoms with van der Waals surface area (Å²) < 4.78 is 5.43. The van der Waals surface area contributed by atoms with Crippen LogP contribution in [0.3, 0.4) is 0 Å². The Labute approximate surface area is 149 Å². The van der Waals surface area contributed by atoms with Crippen LogP contribution in [0.25, 0.3) is 0 Å². The molecule has 0 aromatic heterocycles. The summed E-state index contributed by atoms with van der Waals surface area (Å²) >= 11 is 0. The Kier molecular flexibility index (Phi) is 7.29. The molecule has 2 atom stereocenters. The number of hydrogen-bond acceptors (Lipinski definition) is 3. The van der Waals surface area contributed by atoms with Crippen molar-refractivity contribution in [2.75, 3.05) is 13.2 Å². The van der Waals surface area contributed by atoms with E-state index in [0.717, 1.165) is 16.9 Å². The van der Waals surface area contributed by atoms with Gasteiger partial charge in [0.1, 0.15) is 5.75 Å². The number of aliphatic hydroxyl groups is 1. The molecule has 25 heavy (non-hydrogen) atoms. The van der Waals surface area contributed by atoms with Gasteiger partial charge in [-0.2, -0.15) is 0 Å². The van der Waals surface area contributed by atoms with E-state index in [2.05, 4.69) is 10.6 Å². The van der Waals surface area contributed by atoms with Crippen LogP contribution in [0.1, 0.15) is 43.5 Å². The van der Waals surface area contributed by atoms with Crippen LogP contribution in [-0.2, 0) is 0 Å². The lowest BCUT2D eigenvalue weighted by Crippen LogP contribution is -2.39. The van der Waals surface area contributed by atoms with Crippen LogP contribution in [0.15, 0.2) is 54.6 Å². The number of benzene rings is 2. The van der Waals surface area contributed by atoms with Gasteiger partial charge in [-0.25, -0.2) is 4.79 Å². The van der Waals surface area contributed by atoms with Crippen molar-refractivity contribution in [1.29, 1.82) is 0 Å². The molecule has 0 aliphatic rings. The number of nitrogens with one attached hydrogen (secondary N) is 2. The first-order chi connectivity index (χ1) is 12.1. The van der Waals surface area contributed by atoms with E-state index in [1.54, 1.807) is 0 Å². The molecule has 0 saturated heterocycles. The average Bonchev–Trinajstić information content (AvgIpc) is 2.63. The van der Waals surface area contributed by atoms with Gasteiger partial charge in [0.2, 0.25) is 0 Å². The molecule has 0 aliphatic heterocycles. The van der Waals surface area contributed by atoms with Crippen molar-refractivity contribution in [1.82, 2.24) is 10.6 Å². The second-order valence-corrected chi connectivity index (χ2v) is 5.82. The highest BCUT2D eigenvalue weighted by molar-refractivity contribution is 5.75. The van der Waals surface area contributed by atoms with Crippen molar-refractivity contribution in [3.63, 3.8) is 0 Å². The van der Waals surface area contributed by atoms with Gasteiger partial charge in [0.25, 0.3) is 0 Å². The molecular weight excluding hydrogens is 316 g/mol. The Morgan fingerprint density at radius 2 is 1.72 bits per heavy atom. The number of ether oxygens (including phenoxy) is 1. The number of urea groups is 1.